The molecule has 3 aromatic rings. The van der Waals surface area contributed by atoms with Gasteiger partial charge in [-0.3, -0.25) is 4.79 Å². The average molecular weight is 431 g/mol. The second-order valence-corrected chi connectivity index (χ2v) is 8.84. The molecule has 154 valence electrons. The van der Waals surface area contributed by atoms with Crippen molar-refractivity contribution in [3.63, 3.8) is 0 Å². The van der Waals surface area contributed by atoms with Crippen molar-refractivity contribution in [2.24, 2.45) is 0 Å². The molecule has 0 aliphatic rings. The second kappa shape index (κ2) is 9.59. The van der Waals surface area contributed by atoms with Crippen LogP contribution in [0.1, 0.15) is 55.7 Å². The number of fused-ring (bicyclic) bond motifs is 1. The number of hydrogen-bond donors (Lipinski definition) is 1. The van der Waals surface area contributed by atoms with Crippen molar-refractivity contribution < 1.29 is 9.53 Å². The minimum absolute atomic E-state index is 0.0433. The summed E-state index contributed by atoms with van der Waals surface area (Å²) in [5.74, 6) is 1.26. The zero-order chi connectivity index (χ0) is 21.0. The number of ether oxygens (including phenoxy) is 1. The van der Waals surface area contributed by atoms with Crippen molar-refractivity contribution in [3.8, 4) is 5.75 Å². The molecule has 0 bridgehead atoms. The number of nitrogens with zero attached hydrogens (tertiary/aromatic N) is 1. The van der Waals surface area contributed by atoms with E-state index in [-0.39, 0.29) is 5.91 Å². The molecule has 1 aromatic heterocycles. The minimum atomic E-state index is -0.0433. The van der Waals surface area contributed by atoms with Crippen LogP contribution in [0.15, 0.2) is 30.3 Å². The van der Waals surface area contributed by atoms with Gasteiger partial charge in [-0.2, -0.15) is 0 Å². The first-order valence-electron chi connectivity index (χ1n) is 9.97. The molecule has 1 atom stereocenters. The molecule has 6 heteroatoms. The first-order valence-corrected chi connectivity index (χ1v) is 11.2. The smallest absolute Gasteiger partial charge is 0.226 e. The summed E-state index contributed by atoms with van der Waals surface area (Å²) in [5, 5.41) is 4.33. The zero-order valence-corrected chi connectivity index (χ0v) is 18.9. The number of hydrogen-bond acceptors (Lipinski definition) is 4. The number of aromatic nitrogens is 1. The van der Waals surface area contributed by atoms with Gasteiger partial charge < -0.3 is 10.1 Å². The van der Waals surface area contributed by atoms with Gasteiger partial charge in [0.2, 0.25) is 5.91 Å². The van der Waals surface area contributed by atoms with Crippen LogP contribution in [0.5, 0.6) is 5.75 Å². The Hall–Kier alpha value is -2.11. The normalized spacial score (nSPS) is 12.2. The molecule has 3 rings (SSSR count). The first-order chi connectivity index (χ1) is 13.9. The van der Waals surface area contributed by atoms with E-state index in [1.807, 2.05) is 32.0 Å². The molecule has 1 heterocycles. The molecule has 29 heavy (non-hydrogen) atoms. The molecule has 0 saturated heterocycles. The van der Waals surface area contributed by atoms with Gasteiger partial charge in [0.15, 0.2) is 5.13 Å². The third-order valence-corrected chi connectivity index (χ3v) is 6.60. The fourth-order valence-corrected chi connectivity index (χ4v) is 4.17. The highest BCUT2D eigenvalue weighted by Crippen LogP contribution is 2.30. The highest BCUT2D eigenvalue weighted by atomic mass is 35.5. The number of rotatable bonds is 8. The lowest BCUT2D eigenvalue weighted by atomic mass is 9.99. The van der Waals surface area contributed by atoms with Gasteiger partial charge in [-0.25, -0.2) is 4.98 Å². The van der Waals surface area contributed by atoms with Crippen LogP contribution in [-0.4, -0.2) is 17.5 Å². The van der Waals surface area contributed by atoms with Gasteiger partial charge in [-0.15, -0.1) is 0 Å². The maximum absolute atomic E-state index is 12.3. The number of benzene rings is 2. The van der Waals surface area contributed by atoms with Crippen molar-refractivity contribution in [1.29, 1.82) is 0 Å². The molecular weight excluding hydrogens is 404 g/mol. The van der Waals surface area contributed by atoms with Crippen molar-refractivity contribution in [3.05, 3.63) is 52.0 Å². The third-order valence-electron chi connectivity index (χ3n) is 5.07. The van der Waals surface area contributed by atoms with E-state index in [1.165, 1.54) is 16.9 Å². The topological polar surface area (TPSA) is 51.2 Å². The van der Waals surface area contributed by atoms with E-state index < -0.39 is 0 Å². The van der Waals surface area contributed by atoms with Gasteiger partial charge in [0.25, 0.3) is 0 Å². The van der Waals surface area contributed by atoms with Crippen LogP contribution in [0.3, 0.4) is 0 Å². The maximum atomic E-state index is 12.3. The standard InChI is InChI=1S/C23H27ClN2O2S/c1-5-14(2)17-8-9-19-20(13-17)29-23(25-19)26-21(27)7-6-10-28-18-11-15(3)22(24)16(4)12-18/h8-9,11-14H,5-7,10H2,1-4H3,(H,25,26,27). The van der Waals surface area contributed by atoms with E-state index in [4.69, 9.17) is 16.3 Å². The fraction of sp³-hybridized carbons (Fsp3) is 0.391. The van der Waals surface area contributed by atoms with E-state index in [9.17, 15) is 4.79 Å². The average Bonchev–Trinajstić information content (AvgIpc) is 3.09. The fourth-order valence-electron chi connectivity index (χ4n) is 3.13. The minimum Gasteiger partial charge on any atom is -0.494 e. The summed E-state index contributed by atoms with van der Waals surface area (Å²) >= 11 is 7.70. The monoisotopic (exact) mass is 430 g/mol. The van der Waals surface area contributed by atoms with Gasteiger partial charge in [0.05, 0.1) is 16.8 Å². The third kappa shape index (κ3) is 5.49. The van der Waals surface area contributed by atoms with Crippen LogP contribution in [0.4, 0.5) is 5.13 Å². The first kappa shape index (κ1) is 21.6. The van der Waals surface area contributed by atoms with E-state index in [2.05, 4.69) is 36.3 Å². The van der Waals surface area contributed by atoms with Crippen LogP contribution in [-0.2, 0) is 4.79 Å². The summed E-state index contributed by atoms with van der Waals surface area (Å²) in [5.41, 5.74) is 4.22. The van der Waals surface area contributed by atoms with Crippen LogP contribution in [0, 0.1) is 13.8 Å². The molecule has 1 amide bonds. The number of carbonyl (C=O) groups excluding carboxylic acids is 1. The van der Waals surface area contributed by atoms with Crippen LogP contribution in [0.25, 0.3) is 10.2 Å². The molecule has 1 unspecified atom stereocenters. The number of nitrogens with one attached hydrogen (secondary N) is 1. The number of thiazole rings is 1. The summed E-state index contributed by atoms with van der Waals surface area (Å²) < 4.78 is 6.87. The SMILES string of the molecule is CCC(C)c1ccc2nc(NC(=O)CCCOc3cc(C)c(Cl)c(C)c3)sc2c1. The molecular formula is C23H27ClN2O2S. The molecule has 0 spiro atoms. The summed E-state index contributed by atoms with van der Waals surface area (Å²) in [6.45, 7) is 8.80. The zero-order valence-electron chi connectivity index (χ0n) is 17.3. The molecule has 0 aliphatic heterocycles. The van der Waals surface area contributed by atoms with E-state index in [1.54, 1.807) is 0 Å². The highest BCUT2D eigenvalue weighted by molar-refractivity contribution is 7.22. The maximum Gasteiger partial charge on any atom is 0.226 e. The van der Waals surface area contributed by atoms with Gasteiger partial charge in [-0.05, 0) is 73.6 Å². The summed E-state index contributed by atoms with van der Waals surface area (Å²) in [7, 11) is 0. The lowest BCUT2D eigenvalue weighted by Crippen LogP contribution is -2.12. The largest absolute Gasteiger partial charge is 0.494 e. The second-order valence-electron chi connectivity index (χ2n) is 7.43. The lowest BCUT2D eigenvalue weighted by molar-refractivity contribution is -0.116. The molecule has 1 N–H and O–H groups in total. The van der Waals surface area contributed by atoms with E-state index in [0.29, 0.717) is 30.5 Å². The van der Waals surface area contributed by atoms with E-state index >= 15 is 0 Å². The van der Waals surface area contributed by atoms with Crippen molar-refractivity contribution >= 4 is 44.2 Å². The van der Waals surface area contributed by atoms with Crippen LogP contribution < -0.4 is 10.1 Å². The van der Waals surface area contributed by atoms with Crippen LogP contribution in [0.2, 0.25) is 5.02 Å². The summed E-state index contributed by atoms with van der Waals surface area (Å²) in [4.78, 5) is 16.8. The van der Waals surface area contributed by atoms with E-state index in [0.717, 1.165) is 38.5 Å². The van der Waals surface area contributed by atoms with Gasteiger partial charge in [-0.1, -0.05) is 42.9 Å². The molecule has 0 aliphatic carbocycles. The number of anilines is 1. The number of halogens is 1. The molecule has 0 saturated carbocycles. The van der Waals surface area contributed by atoms with Gasteiger partial charge >= 0.3 is 0 Å². The lowest BCUT2D eigenvalue weighted by Gasteiger charge is -2.09. The Morgan fingerprint density at radius 3 is 2.66 bits per heavy atom. The number of carbonyl (C=O) groups is 1. The molecule has 2 aromatic carbocycles. The van der Waals surface area contributed by atoms with Gasteiger partial charge in [0, 0.05) is 11.4 Å². The Balaban J connectivity index is 1.50. The Kier molecular flexibility index (Phi) is 7.14. The Morgan fingerprint density at radius 2 is 1.97 bits per heavy atom. The molecule has 0 fully saturated rings. The quantitative estimate of drug-likeness (QED) is 0.396. The van der Waals surface area contributed by atoms with Crippen molar-refractivity contribution in [2.45, 2.75) is 52.9 Å². The Labute approximate surface area is 181 Å². The molecule has 0 radical (unpaired) electrons. The van der Waals surface area contributed by atoms with Crippen molar-refractivity contribution in [1.82, 2.24) is 4.98 Å². The Bertz CT molecular complexity index is 992. The Morgan fingerprint density at radius 1 is 1.24 bits per heavy atom. The summed E-state index contributed by atoms with van der Waals surface area (Å²) in [6.07, 6.45) is 2.13. The predicted molar refractivity (Wildman–Crippen MR) is 123 cm³/mol. The van der Waals surface area contributed by atoms with Crippen LogP contribution >= 0.6 is 22.9 Å². The predicted octanol–water partition coefficient (Wildman–Crippen LogP) is 6.88. The highest BCUT2D eigenvalue weighted by Gasteiger charge is 2.11. The molecule has 4 nitrogen and oxygen atoms in total. The van der Waals surface area contributed by atoms with Gasteiger partial charge in [0.1, 0.15) is 5.75 Å². The van der Waals surface area contributed by atoms with Crippen molar-refractivity contribution in [2.75, 3.05) is 11.9 Å². The number of amides is 1. The summed E-state index contributed by atoms with van der Waals surface area (Å²) in [6, 6.07) is 10.2. The number of aryl methyl sites for hydroxylation is 2.